The van der Waals surface area contributed by atoms with Crippen molar-refractivity contribution in [1.82, 2.24) is 5.32 Å². The van der Waals surface area contributed by atoms with Gasteiger partial charge in [-0.2, -0.15) is 0 Å². The Morgan fingerprint density at radius 3 is 1.31 bits per heavy atom. The van der Waals surface area contributed by atoms with E-state index < -0.39 is 18.6 Å². The van der Waals surface area contributed by atoms with E-state index in [4.69, 9.17) is 0 Å². The molecule has 0 bridgehead atoms. The van der Waals surface area contributed by atoms with Crippen LogP contribution in [0.1, 0.15) is 13.8 Å². The number of rotatable bonds is 5. The van der Waals surface area contributed by atoms with Crippen molar-refractivity contribution in [3.05, 3.63) is 91.0 Å². The van der Waals surface area contributed by atoms with Gasteiger partial charge in [0.05, 0.1) is 0 Å². The van der Waals surface area contributed by atoms with Crippen molar-refractivity contribution in [1.29, 1.82) is 0 Å². The summed E-state index contributed by atoms with van der Waals surface area (Å²) in [6, 6.07) is 30.9. The van der Waals surface area contributed by atoms with E-state index in [1.807, 2.05) is 68.4 Å². The fourth-order valence-electron chi connectivity index (χ4n) is 4.01. The van der Waals surface area contributed by atoms with Crippen molar-refractivity contribution < 1.29 is 9.90 Å². The van der Waals surface area contributed by atoms with Crippen LogP contribution < -0.4 is 21.2 Å². The van der Waals surface area contributed by atoms with Crippen LogP contribution in [0.4, 0.5) is 4.79 Å². The molecule has 0 aliphatic heterocycles. The molecule has 134 valence electrons. The standard InChI is InChI=1S/C22H24NO2P/c1-22(2,23-21(24)25)26(18-12-6-3-7-13-18,19-14-8-4-9-15-19)20-16-10-5-11-17-20/h3-17,23,26H,1-2H3,(H,24,25). The van der Waals surface area contributed by atoms with Gasteiger partial charge in [-0.25, -0.2) is 0 Å². The summed E-state index contributed by atoms with van der Waals surface area (Å²) in [6.45, 7) is 4.00. The normalized spacial score (nSPS) is 12.4. The average molecular weight is 365 g/mol. The number of carbonyl (C=O) groups is 1. The Labute approximate surface area is 155 Å². The van der Waals surface area contributed by atoms with E-state index in [9.17, 15) is 9.90 Å². The SMILES string of the molecule is CC(C)(NC(=O)O)[PH](c1ccccc1)(c1ccccc1)c1ccccc1. The first-order valence-electron chi connectivity index (χ1n) is 8.66. The van der Waals surface area contributed by atoms with Crippen LogP contribution in [0.2, 0.25) is 0 Å². The molecule has 2 N–H and O–H groups in total. The van der Waals surface area contributed by atoms with Gasteiger partial charge in [0.2, 0.25) is 0 Å². The van der Waals surface area contributed by atoms with Gasteiger partial charge >= 0.3 is 155 Å². The molecular formula is C22H24NO2P. The summed E-state index contributed by atoms with van der Waals surface area (Å²) >= 11 is 0. The Balaban J connectivity index is 2.41. The fraction of sp³-hybridized carbons (Fsp3) is 0.136. The van der Waals surface area contributed by atoms with Crippen LogP contribution in [0.3, 0.4) is 0 Å². The molecule has 3 nitrogen and oxygen atoms in total. The molecule has 0 aliphatic carbocycles. The maximum absolute atomic E-state index is 11.7. The van der Waals surface area contributed by atoms with Crippen molar-refractivity contribution in [2.75, 3.05) is 0 Å². The van der Waals surface area contributed by atoms with Gasteiger partial charge in [-0.05, 0) is 0 Å². The first-order chi connectivity index (χ1) is 12.5. The number of amides is 1. The van der Waals surface area contributed by atoms with E-state index in [1.165, 1.54) is 15.9 Å². The summed E-state index contributed by atoms with van der Waals surface area (Å²) in [6.07, 6.45) is -1.00. The zero-order chi connectivity index (χ0) is 18.6. The molecule has 0 atom stereocenters. The van der Waals surface area contributed by atoms with Crippen molar-refractivity contribution in [3.8, 4) is 0 Å². The Morgan fingerprint density at radius 2 is 1.04 bits per heavy atom. The first kappa shape index (κ1) is 18.2. The van der Waals surface area contributed by atoms with Gasteiger partial charge in [0.25, 0.3) is 0 Å². The van der Waals surface area contributed by atoms with Crippen molar-refractivity contribution >= 4 is 29.3 Å². The van der Waals surface area contributed by atoms with E-state index in [-0.39, 0.29) is 0 Å². The molecule has 0 saturated heterocycles. The zero-order valence-corrected chi connectivity index (χ0v) is 16.0. The third kappa shape index (κ3) is 3.11. The van der Waals surface area contributed by atoms with E-state index in [0.717, 1.165) is 0 Å². The maximum atomic E-state index is 11.7. The Kier molecular flexibility index (Phi) is 5.11. The third-order valence-corrected chi connectivity index (χ3v) is 10.6. The molecule has 0 fully saturated rings. The van der Waals surface area contributed by atoms with Crippen LogP contribution in [-0.2, 0) is 0 Å². The molecule has 0 aromatic heterocycles. The van der Waals surface area contributed by atoms with Crippen LogP contribution in [-0.4, -0.2) is 16.5 Å². The van der Waals surface area contributed by atoms with Crippen molar-refractivity contribution in [2.45, 2.75) is 19.1 Å². The summed E-state index contributed by atoms with van der Waals surface area (Å²) in [5.41, 5.74) is 0. The molecule has 3 aromatic carbocycles. The molecule has 0 saturated carbocycles. The second kappa shape index (κ2) is 7.31. The molecule has 0 heterocycles. The van der Waals surface area contributed by atoms with Crippen molar-refractivity contribution in [3.63, 3.8) is 0 Å². The molecule has 0 unspecified atom stereocenters. The van der Waals surface area contributed by atoms with Crippen LogP contribution in [0.5, 0.6) is 0 Å². The molecule has 0 aliphatic rings. The van der Waals surface area contributed by atoms with Crippen LogP contribution >= 0.6 is 7.26 Å². The number of carboxylic acid groups (broad SMARTS) is 1. The summed E-state index contributed by atoms with van der Waals surface area (Å²) in [5, 5.41) is 15.3. The molecular weight excluding hydrogens is 341 g/mol. The minimum atomic E-state index is -2.71. The predicted molar refractivity (Wildman–Crippen MR) is 112 cm³/mol. The van der Waals surface area contributed by atoms with E-state index >= 15 is 0 Å². The topological polar surface area (TPSA) is 49.3 Å². The van der Waals surface area contributed by atoms with E-state index in [0.29, 0.717) is 0 Å². The van der Waals surface area contributed by atoms with Crippen molar-refractivity contribution in [2.24, 2.45) is 0 Å². The molecule has 4 heteroatoms. The van der Waals surface area contributed by atoms with Gasteiger partial charge in [0.1, 0.15) is 0 Å². The van der Waals surface area contributed by atoms with Gasteiger partial charge in [0.15, 0.2) is 0 Å². The summed E-state index contributed by atoms with van der Waals surface area (Å²) in [5.74, 6) is 0. The minimum absolute atomic E-state index is 0.664. The summed E-state index contributed by atoms with van der Waals surface area (Å²) in [4.78, 5) is 11.7. The van der Waals surface area contributed by atoms with Gasteiger partial charge in [-0.3, -0.25) is 0 Å². The van der Waals surface area contributed by atoms with E-state index in [1.54, 1.807) is 0 Å². The molecule has 0 radical (unpaired) electrons. The predicted octanol–water partition coefficient (Wildman–Crippen LogP) is 3.72. The van der Waals surface area contributed by atoms with Gasteiger partial charge in [0, 0.05) is 0 Å². The number of nitrogens with one attached hydrogen (secondary N) is 1. The third-order valence-electron chi connectivity index (χ3n) is 4.98. The van der Waals surface area contributed by atoms with E-state index in [2.05, 4.69) is 41.7 Å². The molecule has 1 amide bonds. The molecule has 3 aromatic rings. The fourth-order valence-corrected chi connectivity index (χ4v) is 9.54. The Morgan fingerprint density at radius 1 is 0.731 bits per heavy atom. The average Bonchev–Trinajstić information content (AvgIpc) is 2.64. The number of benzene rings is 3. The summed E-state index contributed by atoms with van der Waals surface area (Å²) < 4.78 is 0. The molecule has 0 spiro atoms. The van der Waals surface area contributed by atoms with Crippen LogP contribution in [0, 0.1) is 0 Å². The number of hydrogen-bond donors (Lipinski definition) is 2. The molecule has 26 heavy (non-hydrogen) atoms. The molecule has 3 rings (SSSR count). The van der Waals surface area contributed by atoms with Crippen LogP contribution in [0.25, 0.3) is 0 Å². The zero-order valence-electron chi connectivity index (χ0n) is 15.0. The number of hydrogen-bond acceptors (Lipinski definition) is 1. The Bertz CT molecular complexity index is 768. The quantitative estimate of drug-likeness (QED) is 0.677. The first-order valence-corrected chi connectivity index (χ1v) is 10.7. The monoisotopic (exact) mass is 365 g/mol. The van der Waals surface area contributed by atoms with Gasteiger partial charge < -0.3 is 0 Å². The second-order valence-electron chi connectivity index (χ2n) is 6.90. The van der Waals surface area contributed by atoms with Gasteiger partial charge in [-0.15, -0.1) is 0 Å². The Hall–Kier alpha value is -2.64. The van der Waals surface area contributed by atoms with Gasteiger partial charge in [-0.1, -0.05) is 0 Å². The van der Waals surface area contributed by atoms with Crippen LogP contribution in [0.15, 0.2) is 91.0 Å². The summed E-state index contributed by atoms with van der Waals surface area (Å²) in [7, 11) is -2.71. The second-order valence-corrected chi connectivity index (χ2v) is 11.4.